The first-order chi connectivity index (χ1) is 8.56. The summed E-state index contributed by atoms with van der Waals surface area (Å²) in [5, 5.41) is 6.67. The van der Waals surface area contributed by atoms with Crippen LogP contribution in [0.2, 0.25) is 5.02 Å². The minimum absolute atomic E-state index is 0.00410. The zero-order valence-corrected chi connectivity index (χ0v) is 12.9. The van der Waals surface area contributed by atoms with Gasteiger partial charge in [-0.05, 0) is 47.0 Å². The molecule has 0 fully saturated rings. The van der Waals surface area contributed by atoms with E-state index < -0.39 is 0 Å². The van der Waals surface area contributed by atoms with Crippen molar-refractivity contribution in [2.24, 2.45) is 0 Å². The van der Waals surface area contributed by atoms with Gasteiger partial charge in [0.1, 0.15) is 0 Å². The lowest BCUT2D eigenvalue weighted by Crippen LogP contribution is -2.37. The topological polar surface area (TPSA) is 41.1 Å². The Balaban J connectivity index is 2.49. The Kier molecular flexibility index (Phi) is 6.50. The monoisotopic (exact) mass is 332 g/mol. The fourth-order valence-electron chi connectivity index (χ4n) is 1.58. The number of amides is 1. The molecule has 0 saturated heterocycles. The largest absolute Gasteiger partial charge is 0.375 e. The van der Waals surface area contributed by atoms with E-state index in [4.69, 9.17) is 11.6 Å². The summed E-state index contributed by atoms with van der Waals surface area (Å²) in [6.45, 7) is 4.38. The van der Waals surface area contributed by atoms with E-state index in [0.29, 0.717) is 5.02 Å². The van der Waals surface area contributed by atoms with E-state index in [1.807, 2.05) is 6.07 Å². The van der Waals surface area contributed by atoms with Gasteiger partial charge in [0.15, 0.2) is 0 Å². The summed E-state index contributed by atoms with van der Waals surface area (Å²) in [6, 6.07) is 5.68. The zero-order valence-electron chi connectivity index (χ0n) is 10.6. The lowest BCUT2D eigenvalue weighted by Gasteiger charge is -2.15. The normalized spacial score (nSPS) is 10.5. The van der Waals surface area contributed by atoms with Gasteiger partial charge in [0.05, 0.1) is 12.2 Å². The summed E-state index contributed by atoms with van der Waals surface area (Å²) in [4.78, 5) is 11.7. The summed E-state index contributed by atoms with van der Waals surface area (Å²) in [6.07, 6.45) is 1.90. The van der Waals surface area contributed by atoms with Gasteiger partial charge in [0, 0.05) is 15.5 Å². The van der Waals surface area contributed by atoms with E-state index in [2.05, 4.69) is 40.4 Å². The van der Waals surface area contributed by atoms with Crippen LogP contribution in [0, 0.1) is 0 Å². The van der Waals surface area contributed by atoms with Crippen molar-refractivity contribution in [3.05, 3.63) is 27.7 Å². The summed E-state index contributed by atoms with van der Waals surface area (Å²) in [7, 11) is 0. The molecule has 0 aliphatic heterocycles. The molecule has 0 radical (unpaired) electrons. The average Bonchev–Trinajstić information content (AvgIpc) is 2.37. The van der Waals surface area contributed by atoms with Crippen molar-refractivity contribution in [2.75, 3.05) is 11.9 Å². The number of halogens is 2. The van der Waals surface area contributed by atoms with Gasteiger partial charge in [-0.25, -0.2) is 0 Å². The van der Waals surface area contributed by atoms with Crippen LogP contribution in [0.25, 0.3) is 0 Å². The molecule has 0 aromatic heterocycles. The molecule has 0 atom stereocenters. The number of hydrogen-bond donors (Lipinski definition) is 2. The summed E-state index contributed by atoms with van der Waals surface area (Å²) < 4.78 is 0.891. The van der Waals surface area contributed by atoms with Crippen LogP contribution in [-0.4, -0.2) is 18.5 Å². The molecule has 18 heavy (non-hydrogen) atoms. The third-order valence-corrected chi connectivity index (χ3v) is 3.65. The maximum absolute atomic E-state index is 11.7. The van der Waals surface area contributed by atoms with Crippen LogP contribution in [0.5, 0.6) is 0 Å². The van der Waals surface area contributed by atoms with E-state index in [1.54, 1.807) is 12.1 Å². The highest BCUT2D eigenvalue weighted by atomic mass is 79.9. The van der Waals surface area contributed by atoms with Crippen LogP contribution in [0.4, 0.5) is 5.69 Å². The molecule has 0 heterocycles. The van der Waals surface area contributed by atoms with Gasteiger partial charge in [0.2, 0.25) is 5.91 Å². The number of anilines is 1. The van der Waals surface area contributed by atoms with Crippen LogP contribution in [0.3, 0.4) is 0 Å². The molecule has 5 heteroatoms. The molecule has 3 nitrogen and oxygen atoms in total. The van der Waals surface area contributed by atoms with Crippen molar-refractivity contribution >= 4 is 39.1 Å². The number of carbonyl (C=O) groups excluding carboxylic acids is 1. The van der Waals surface area contributed by atoms with Crippen LogP contribution < -0.4 is 10.6 Å². The van der Waals surface area contributed by atoms with Crippen LogP contribution in [0.1, 0.15) is 26.7 Å². The third kappa shape index (κ3) is 4.86. The lowest BCUT2D eigenvalue weighted by molar-refractivity contribution is -0.120. The number of hydrogen-bond acceptors (Lipinski definition) is 2. The van der Waals surface area contributed by atoms with Gasteiger partial charge in [-0.15, -0.1) is 0 Å². The standard InChI is InChI=1S/C13H18BrClN2O/c1-3-10(4-2)17-13(18)8-16-12-7-9(15)5-6-11(12)14/h5-7,10,16H,3-4,8H2,1-2H3,(H,17,18). The fourth-order valence-corrected chi connectivity index (χ4v) is 2.14. The Morgan fingerprint density at radius 1 is 1.39 bits per heavy atom. The molecule has 1 amide bonds. The van der Waals surface area contributed by atoms with E-state index in [1.165, 1.54) is 0 Å². The molecular weight excluding hydrogens is 316 g/mol. The summed E-state index contributed by atoms with van der Waals surface area (Å²) in [5.74, 6) is -0.00410. The van der Waals surface area contributed by atoms with Crippen molar-refractivity contribution in [2.45, 2.75) is 32.7 Å². The second kappa shape index (κ2) is 7.64. The van der Waals surface area contributed by atoms with Gasteiger partial charge >= 0.3 is 0 Å². The molecule has 0 saturated carbocycles. The zero-order chi connectivity index (χ0) is 13.5. The van der Waals surface area contributed by atoms with Gasteiger partial charge in [0.25, 0.3) is 0 Å². The van der Waals surface area contributed by atoms with Gasteiger partial charge < -0.3 is 10.6 Å². The van der Waals surface area contributed by atoms with Gasteiger partial charge in [-0.2, -0.15) is 0 Å². The molecule has 1 rings (SSSR count). The highest BCUT2D eigenvalue weighted by molar-refractivity contribution is 9.10. The van der Waals surface area contributed by atoms with Crippen LogP contribution in [0.15, 0.2) is 22.7 Å². The minimum atomic E-state index is -0.00410. The van der Waals surface area contributed by atoms with Gasteiger partial charge in [-0.3, -0.25) is 4.79 Å². The average molecular weight is 334 g/mol. The first-order valence-electron chi connectivity index (χ1n) is 6.05. The van der Waals surface area contributed by atoms with Crippen molar-refractivity contribution in [3.8, 4) is 0 Å². The van der Waals surface area contributed by atoms with Crippen LogP contribution >= 0.6 is 27.5 Å². The molecule has 0 aliphatic rings. The molecule has 100 valence electrons. The molecule has 0 unspecified atom stereocenters. The van der Waals surface area contributed by atoms with Crippen molar-refractivity contribution < 1.29 is 4.79 Å². The van der Waals surface area contributed by atoms with E-state index >= 15 is 0 Å². The van der Waals surface area contributed by atoms with Gasteiger partial charge in [-0.1, -0.05) is 25.4 Å². The number of carbonyl (C=O) groups is 1. The second-order valence-electron chi connectivity index (χ2n) is 4.06. The Morgan fingerprint density at radius 2 is 2.06 bits per heavy atom. The summed E-state index contributed by atoms with van der Waals surface area (Å²) >= 11 is 9.31. The quantitative estimate of drug-likeness (QED) is 0.831. The van der Waals surface area contributed by atoms with Crippen molar-refractivity contribution in [3.63, 3.8) is 0 Å². The molecule has 2 N–H and O–H groups in total. The first kappa shape index (κ1) is 15.3. The Bertz CT molecular complexity index is 408. The number of rotatable bonds is 6. The lowest BCUT2D eigenvalue weighted by atomic mass is 10.2. The predicted octanol–water partition coefficient (Wildman–Crippen LogP) is 3.82. The maximum atomic E-state index is 11.7. The maximum Gasteiger partial charge on any atom is 0.239 e. The second-order valence-corrected chi connectivity index (χ2v) is 5.35. The van der Waals surface area contributed by atoms with Crippen LogP contribution in [-0.2, 0) is 4.79 Å². The van der Waals surface area contributed by atoms with Crippen molar-refractivity contribution in [1.82, 2.24) is 5.32 Å². The first-order valence-corrected chi connectivity index (χ1v) is 7.22. The van der Waals surface area contributed by atoms with E-state index in [-0.39, 0.29) is 18.5 Å². The molecule has 0 spiro atoms. The number of benzene rings is 1. The predicted molar refractivity (Wildman–Crippen MR) is 80.2 cm³/mol. The Labute approximate surface area is 121 Å². The number of nitrogens with one attached hydrogen (secondary N) is 2. The SMILES string of the molecule is CCC(CC)NC(=O)CNc1cc(Cl)ccc1Br. The highest BCUT2D eigenvalue weighted by Crippen LogP contribution is 2.25. The highest BCUT2D eigenvalue weighted by Gasteiger charge is 2.08. The van der Waals surface area contributed by atoms with E-state index in [9.17, 15) is 4.79 Å². The fraction of sp³-hybridized carbons (Fsp3) is 0.462. The smallest absolute Gasteiger partial charge is 0.239 e. The van der Waals surface area contributed by atoms with Crippen molar-refractivity contribution in [1.29, 1.82) is 0 Å². The minimum Gasteiger partial charge on any atom is -0.375 e. The Hall–Kier alpha value is -0.740. The summed E-state index contributed by atoms with van der Waals surface area (Å²) in [5.41, 5.74) is 0.821. The molecule has 1 aromatic rings. The Morgan fingerprint density at radius 3 is 2.67 bits per heavy atom. The molecular formula is C13H18BrClN2O. The van der Waals surface area contributed by atoms with E-state index in [0.717, 1.165) is 23.0 Å². The molecule has 0 aliphatic carbocycles. The molecule has 1 aromatic carbocycles. The molecule has 0 bridgehead atoms. The third-order valence-electron chi connectivity index (χ3n) is 2.72.